The van der Waals surface area contributed by atoms with Crippen LogP contribution in [0.25, 0.3) is 6.08 Å². The molecule has 1 aromatic rings. The summed E-state index contributed by atoms with van der Waals surface area (Å²) < 4.78 is 29.3. The fraction of sp³-hybridized carbons (Fsp3) is 0.412. The Hall–Kier alpha value is -1.38. The standard InChI is InChI=1S/C17H19NO4S3/c1-2-8-22-14-5-3-12(4-6-14)10-15-16(19)18(17(23)24-15)13-7-9-25(20,21)11-13/h3-6,10,13H,2,7-9,11H2,1H3. The number of benzene rings is 1. The average molecular weight is 398 g/mol. The highest BCUT2D eigenvalue weighted by atomic mass is 32.2. The molecule has 134 valence electrons. The fourth-order valence-corrected chi connectivity index (χ4v) is 5.91. The van der Waals surface area contributed by atoms with Gasteiger partial charge in [-0.15, -0.1) is 0 Å². The molecule has 8 heteroatoms. The third kappa shape index (κ3) is 4.24. The summed E-state index contributed by atoms with van der Waals surface area (Å²) in [6, 6.07) is 7.17. The third-order valence-electron chi connectivity index (χ3n) is 4.05. The van der Waals surface area contributed by atoms with Crippen LogP contribution in [0.4, 0.5) is 0 Å². The molecular formula is C17H19NO4S3. The van der Waals surface area contributed by atoms with Crippen LogP contribution in [-0.4, -0.2) is 47.7 Å². The maximum atomic E-state index is 12.7. The summed E-state index contributed by atoms with van der Waals surface area (Å²) in [7, 11) is -3.06. The monoisotopic (exact) mass is 397 g/mol. The van der Waals surface area contributed by atoms with E-state index < -0.39 is 9.84 Å². The topological polar surface area (TPSA) is 63.7 Å². The van der Waals surface area contributed by atoms with Gasteiger partial charge in [-0.2, -0.15) is 0 Å². The van der Waals surface area contributed by atoms with E-state index in [4.69, 9.17) is 17.0 Å². The smallest absolute Gasteiger partial charge is 0.266 e. The van der Waals surface area contributed by atoms with Crippen molar-refractivity contribution in [3.8, 4) is 5.75 Å². The lowest BCUT2D eigenvalue weighted by Crippen LogP contribution is -2.39. The summed E-state index contributed by atoms with van der Waals surface area (Å²) in [5.74, 6) is 0.703. The number of ether oxygens (including phenoxy) is 1. The zero-order valence-electron chi connectivity index (χ0n) is 13.8. The van der Waals surface area contributed by atoms with Crippen molar-refractivity contribution in [2.75, 3.05) is 18.1 Å². The highest BCUT2D eigenvalue weighted by Gasteiger charge is 2.42. The molecule has 0 radical (unpaired) electrons. The Kier molecular flexibility index (Phi) is 5.50. The molecule has 0 aliphatic carbocycles. The van der Waals surface area contributed by atoms with Crippen LogP contribution in [0.1, 0.15) is 25.3 Å². The van der Waals surface area contributed by atoms with Crippen molar-refractivity contribution in [1.82, 2.24) is 4.90 Å². The van der Waals surface area contributed by atoms with Gasteiger partial charge in [0.1, 0.15) is 10.1 Å². The van der Waals surface area contributed by atoms with Crippen LogP contribution in [0.15, 0.2) is 29.2 Å². The van der Waals surface area contributed by atoms with Gasteiger partial charge in [-0.25, -0.2) is 8.42 Å². The molecule has 0 N–H and O–H groups in total. The summed E-state index contributed by atoms with van der Waals surface area (Å²) in [6.07, 6.45) is 3.18. The fourth-order valence-electron chi connectivity index (χ4n) is 2.81. The van der Waals surface area contributed by atoms with Crippen LogP contribution >= 0.6 is 24.0 Å². The molecule has 0 saturated carbocycles. The van der Waals surface area contributed by atoms with Gasteiger partial charge in [0.05, 0.1) is 29.1 Å². The first-order valence-corrected chi connectivity index (χ1v) is 11.1. The van der Waals surface area contributed by atoms with Crippen molar-refractivity contribution in [3.05, 3.63) is 34.7 Å². The zero-order valence-corrected chi connectivity index (χ0v) is 16.3. The number of hydrogen-bond donors (Lipinski definition) is 0. The Balaban J connectivity index is 1.74. The molecule has 0 bridgehead atoms. The van der Waals surface area contributed by atoms with Gasteiger partial charge in [0.25, 0.3) is 5.91 Å². The van der Waals surface area contributed by atoms with Crippen LogP contribution < -0.4 is 4.74 Å². The second kappa shape index (κ2) is 7.47. The Morgan fingerprint density at radius 1 is 1.36 bits per heavy atom. The normalized spacial score (nSPS) is 24.3. The largest absolute Gasteiger partial charge is 0.494 e. The highest BCUT2D eigenvalue weighted by Crippen LogP contribution is 2.36. The molecule has 2 fully saturated rings. The number of thiocarbonyl (C=S) groups is 1. The minimum atomic E-state index is -3.06. The molecule has 3 rings (SSSR count). The molecule has 5 nitrogen and oxygen atoms in total. The van der Waals surface area contributed by atoms with E-state index in [1.807, 2.05) is 31.2 Å². The van der Waals surface area contributed by atoms with E-state index in [0.29, 0.717) is 22.3 Å². The van der Waals surface area contributed by atoms with Gasteiger partial charge in [-0.05, 0) is 36.6 Å². The summed E-state index contributed by atoms with van der Waals surface area (Å²) in [5, 5.41) is 0. The second-order valence-corrected chi connectivity index (χ2v) is 9.93. The first-order valence-electron chi connectivity index (χ1n) is 8.10. The van der Waals surface area contributed by atoms with Gasteiger partial charge >= 0.3 is 0 Å². The molecule has 0 aromatic heterocycles. The number of rotatable bonds is 5. The van der Waals surface area contributed by atoms with Crippen LogP contribution in [0.2, 0.25) is 0 Å². The van der Waals surface area contributed by atoms with E-state index in [2.05, 4.69) is 0 Å². The van der Waals surface area contributed by atoms with Crippen LogP contribution in [0, 0.1) is 0 Å². The van der Waals surface area contributed by atoms with Gasteiger partial charge in [0.2, 0.25) is 0 Å². The van der Waals surface area contributed by atoms with Crippen molar-refractivity contribution in [2.24, 2.45) is 0 Å². The Morgan fingerprint density at radius 3 is 2.68 bits per heavy atom. The molecule has 25 heavy (non-hydrogen) atoms. The molecule has 1 unspecified atom stereocenters. The number of carbonyl (C=O) groups excluding carboxylic acids is 1. The third-order valence-corrected chi connectivity index (χ3v) is 7.13. The summed E-state index contributed by atoms with van der Waals surface area (Å²) >= 11 is 6.53. The van der Waals surface area contributed by atoms with E-state index >= 15 is 0 Å². The number of sulfone groups is 1. The van der Waals surface area contributed by atoms with Gasteiger partial charge in [-0.1, -0.05) is 43.0 Å². The Bertz CT molecular complexity index is 815. The van der Waals surface area contributed by atoms with Gasteiger partial charge < -0.3 is 4.74 Å². The van der Waals surface area contributed by atoms with Gasteiger partial charge in [-0.3, -0.25) is 9.69 Å². The van der Waals surface area contributed by atoms with Crippen LogP contribution in [0.3, 0.4) is 0 Å². The maximum absolute atomic E-state index is 12.7. The molecule has 2 aliphatic rings. The number of thioether (sulfide) groups is 1. The first kappa shape index (κ1) is 18.4. The molecule has 2 aliphatic heterocycles. The van der Waals surface area contributed by atoms with E-state index in [0.717, 1.165) is 17.7 Å². The van der Waals surface area contributed by atoms with E-state index in [1.54, 1.807) is 6.08 Å². The van der Waals surface area contributed by atoms with Crippen LogP contribution in [-0.2, 0) is 14.6 Å². The van der Waals surface area contributed by atoms with Crippen LogP contribution in [0.5, 0.6) is 5.75 Å². The SMILES string of the molecule is CCCOc1ccc(C=C2SC(=S)N(C3CCS(=O)(=O)C3)C2=O)cc1. The van der Waals surface area contributed by atoms with Gasteiger partial charge in [0.15, 0.2) is 9.84 Å². The van der Waals surface area contributed by atoms with Crippen molar-refractivity contribution >= 4 is 50.1 Å². The maximum Gasteiger partial charge on any atom is 0.266 e. The summed E-state index contributed by atoms with van der Waals surface area (Å²) in [5.41, 5.74) is 0.878. The van der Waals surface area contributed by atoms with Crippen molar-refractivity contribution in [1.29, 1.82) is 0 Å². The molecule has 1 atom stereocenters. The molecule has 0 spiro atoms. The number of amides is 1. The predicted molar refractivity (Wildman–Crippen MR) is 104 cm³/mol. The van der Waals surface area contributed by atoms with E-state index in [1.165, 1.54) is 16.7 Å². The first-order chi connectivity index (χ1) is 11.9. The Morgan fingerprint density at radius 2 is 2.08 bits per heavy atom. The van der Waals surface area contributed by atoms with Crippen molar-refractivity contribution in [3.63, 3.8) is 0 Å². The number of hydrogen-bond acceptors (Lipinski definition) is 6. The predicted octanol–water partition coefficient (Wildman–Crippen LogP) is 2.86. The van der Waals surface area contributed by atoms with Crippen molar-refractivity contribution < 1.29 is 17.9 Å². The lowest BCUT2D eigenvalue weighted by atomic mass is 10.2. The minimum absolute atomic E-state index is 0.00379. The highest BCUT2D eigenvalue weighted by molar-refractivity contribution is 8.26. The number of nitrogens with zero attached hydrogens (tertiary/aromatic N) is 1. The summed E-state index contributed by atoms with van der Waals surface area (Å²) in [6.45, 7) is 2.72. The van der Waals surface area contributed by atoms with E-state index in [-0.39, 0.29) is 23.5 Å². The number of carbonyl (C=O) groups is 1. The second-order valence-electron chi connectivity index (χ2n) is 6.03. The molecule has 1 aromatic carbocycles. The lowest BCUT2D eigenvalue weighted by Gasteiger charge is -2.20. The molecule has 2 heterocycles. The average Bonchev–Trinajstić information content (AvgIpc) is 3.05. The Labute approximate surface area is 157 Å². The molecular weight excluding hydrogens is 378 g/mol. The summed E-state index contributed by atoms with van der Waals surface area (Å²) in [4.78, 5) is 14.6. The molecule has 1 amide bonds. The minimum Gasteiger partial charge on any atom is -0.494 e. The quantitative estimate of drug-likeness (QED) is 0.562. The van der Waals surface area contributed by atoms with Gasteiger partial charge in [0, 0.05) is 0 Å². The molecule has 2 saturated heterocycles. The zero-order chi connectivity index (χ0) is 18.0. The lowest BCUT2D eigenvalue weighted by molar-refractivity contribution is -0.123. The van der Waals surface area contributed by atoms with E-state index in [9.17, 15) is 13.2 Å². The van der Waals surface area contributed by atoms with Crippen molar-refractivity contribution in [2.45, 2.75) is 25.8 Å².